The maximum Gasteiger partial charge on any atom is 0.339 e. The van der Waals surface area contributed by atoms with Crippen LogP contribution in [-0.2, 0) is 4.79 Å². The summed E-state index contributed by atoms with van der Waals surface area (Å²) in [5.41, 5.74) is 1.04. The van der Waals surface area contributed by atoms with Gasteiger partial charge in [-0.05, 0) is 25.7 Å². The number of carboxylic acid groups (broad SMARTS) is 1. The fourth-order valence-electron chi connectivity index (χ4n) is 1.96. The number of amides is 1. The number of H-pyrrole nitrogens is 1. The first-order valence-corrected chi connectivity index (χ1v) is 5.73. The van der Waals surface area contributed by atoms with Gasteiger partial charge < -0.3 is 15.4 Å². The molecule has 0 radical (unpaired) electrons. The van der Waals surface area contributed by atoms with Gasteiger partial charge in [0.15, 0.2) is 0 Å². The maximum absolute atomic E-state index is 11.9. The van der Waals surface area contributed by atoms with Gasteiger partial charge in [-0.25, -0.2) is 4.79 Å². The van der Waals surface area contributed by atoms with E-state index in [0.717, 1.165) is 12.8 Å². The second-order valence-corrected chi connectivity index (χ2v) is 4.62. The lowest BCUT2D eigenvalue weighted by atomic mass is 10.1. The number of carbonyl (C=O) groups excluding carboxylic acids is 1. The van der Waals surface area contributed by atoms with Gasteiger partial charge in [-0.1, -0.05) is 6.92 Å². The summed E-state index contributed by atoms with van der Waals surface area (Å²) in [5.74, 6) is -0.720. The Labute approximate surface area is 99.2 Å². The van der Waals surface area contributed by atoms with Crippen LogP contribution >= 0.6 is 0 Å². The molecule has 0 aromatic carbocycles. The Morgan fingerprint density at radius 2 is 2.18 bits per heavy atom. The van der Waals surface area contributed by atoms with Crippen molar-refractivity contribution in [3.63, 3.8) is 0 Å². The first kappa shape index (κ1) is 11.7. The van der Waals surface area contributed by atoms with Crippen LogP contribution in [0.25, 0.3) is 0 Å². The van der Waals surface area contributed by atoms with E-state index >= 15 is 0 Å². The third kappa shape index (κ3) is 2.33. The van der Waals surface area contributed by atoms with E-state index in [1.54, 1.807) is 6.92 Å². The van der Waals surface area contributed by atoms with Crippen molar-refractivity contribution in [1.29, 1.82) is 0 Å². The second kappa shape index (κ2) is 4.24. The molecule has 3 N–H and O–H groups in total. The van der Waals surface area contributed by atoms with Crippen LogP contribution < -0.4 is 5.32 Å². The molecule has 5 nitrogen and oxygen atoms in total. The molecule has 1 aliphatic carbocycles. The fraction of sp³-hybridized carbons (Fsp3) is 0.500. The molecule has 92 valence electrons. The summed E-state index contributed by atoms with van der Waals surface area (Å²) in [7, 11) is 0. The zero-order valence-corrected chi connectivity index (χ0v) is 9.91. The Bertz CT molecular complexity index is 460. The number of carboxylic acids is 1. The molecule has 1 amide bonds. The quantitative estimate of drug-likeness (QED) is 0.747. The zero-order valence-electron chi connectivity index (χ0n) is 9.91. The average molecular weight is 236 g/mol. The van der Waals surface area contributed by atoms with Gasteiger partial charge >= 0.3 is 5.97 Å². The summed E-state index contributed by atoms with van der Waals surface area (Å²) in [6, 6.07) is 0. The van der Waals surface area contributed by atoms with Crippen LogP contribution in [0.1, 0.15) is 35.8 Å². The molecular weight excluding hydrogens is 220 g/mol. The molecule has 1 heterocycles. The molecule has 0 bridgehead atoms. The van der Waals surface area contributed by atoms with Gasteiger partial charge in [0.25, 0.3) is 0 Å². The van der Waals surface area contributed by atoms with E-state index in [1.807, 2.05) is 6.92 Å². The van der Waals surface area contributed by atoms with Gasteiger partial charge in [0.1, 0.15) is 5.56 Å². The number of aromatic amines is 1. The number of anilines is 1. The topological polar surface area (TPSA) is 82.2 Å². The number of carbonyl (C=O) groups is 2. The normalized spacial score (nSPS) is 16.6. The lowest BCUT2D eigenvalue weighted by Gasteiger charge is -2.10. The van der Waals surface area contributed by atoms with Crippen molar-refractivity contribution >= 4 is 17.6 Å². The first-order chi connectivity index (χ1) is 8.00. The van der Waals surface area contributed by atoms with Crippen molar-refractivity contribution in [1.82, 2.24) is 4.98 Å². The molecule has 1 aromatic heterocycles. The van der Waals surface area contributed by atoms with Crippen molar-refractivity contribution in [2.75, 3.05) is 5.32 Å². The van der Waals surface area contributed by atoms with Gasteiger partial charge in [0.05, 0.1) is 5.69 Å². The third-order valence-corrected chi connectivity index (χ3v) is 3.29. The molecule has 1 saturated carbocycles. The summed E-state index contributed by atoms with van der Waals surface area (Å²) >= 11 is 0. The lowest BCUT2D eigenvalue weighted by Crippen LogP contribution is -2.22. The summed E-state index contributed by atoms with van der Waals surface area (Å²) in [6.07, 6.45) is 3.70. The Balaban J connectivity index is 2.12. The monoisotopic (exact) mass is 236 g/mol. The molecule has 0 spiro atoms. The molecule has 1 unspecified atom stereocenters. The highest BCUT2D eigenvalue weighted by Crippen LogP contribution is 2.37. The van der Waals surface area contributed by atoms with Gasteiger partial charge in [0, 0.05) is 17.8 Å². The van der Waals surface area contributed by atoms with E-state index in [4.69, 9.17) is 5.11 Å². The Morgan fingerprint density at radius 3 is 2.71 bits per heavy atom. The maximum atomic E-state index is 11.9. The van der Waals surface area contributed by atoms with Crippen molar-refractivity contribution < 1.29 is 14.7 Å². The number of rotatable bonds is 4. The molecule has 0 aliphatic heterocycles. The van der Waals surface area contributed by atoms with Crippen molar-refractivity contribution in [2.24, 2.45) is 11.8 Å². The van der Waals surface area contributed by atoms with Crippen molar-refractivity contribution in [3.8, 4) is 0 Å². The van der Waals surface area contributed by atoms with E-state index in [-0.39, 0.29) is 17.4 Å². The Kier molecular flexibility index (Phi) is 2.92. The SMILES string of the molecule is Cc1[nH]cc(NC(=O)C(C)C2CC2)c1C(=O)O. The Hall–Kier alpha value is -1.78. The van der Waals surface area contributed by atoms with Gasteiger partial charge in [0.2, 0.25) is 5.91 Å². The van der Waals surface area contributed by atoms with Crippen LogP contribution in [0.15, 0.2) is 6.20 Å². The number of aromatic carboxylic acids is 1. The smallest absolute Gasteiger partial charge is 0.339 e. The summed E-state index contributed by atoms with van der Waals surface area (Å²) < 4.78 is 0. The van der Waals surface area contributed by atoms with E-state index in [2.05, 4.69) is 10.3 Å². The number of hydrogen-bond donors (Lipinski definition) is 3. The molecule has 1 aromatic rings. The van der Waals surface area contributed by atoms with E-state index < -0.39 is 5.97 Å². The number of hydrogen-bond acceptors (Lipinski definition) is 2. The molecule has 5 heteroatoms. The first-order valence-electron chi connectivity index (χ1n) is 5.73. The van der Waals surface area contributed by atoms with Crippen LogP contribution in [-0.4, -0.2) is 22.0 Å². The molecule has 1 fully saturated rings. The molecule has 0 saturated heterocycles. The second-order valence-electron chi connectivity index (χ2n) is 4.62. The van der Waals surface area contributed by atoms with Crippen LogP contribution in [0, 0.1) is 18.8 Å². The highest BCUT2D eigenvalue weighted by Gasteiger charge is 2.33. The molecular formula is C12H16N2O3. The van der Waals surface area contributed by atoms with E-state index in [0.29, 0.717) is 17.3 Å². The molecule has 1 atom stereocenters. The highest BCUT2D eigenvalue weighted by molar-refractivity contribution is 6.02. The van der Waals surface area contributed by atoms with E-state index in [9.17, 15) is 9.59 Å². The summed E-state index contributed by atoms with van der Waals surface area (Å²) in [5, 5.41) is 11.7. The zero-order chi connectivity index (χ0) is 12.6. The van der Waals surface area contributed by atoms with Crippen molar-refractivity contribution in [3.05, 3.63) is 17.5 Å². The lowest BCUT2D eigenvalue weighted by molar-refractivity contribution is -0.119. The molecule has 17 heavy (non-hydrogen) atoms. The van der Waals surface area contributed by atoms with Gasteiger partial charge in [-0.15, -0.1) is 0 Å². The Morgan fingerprint density at radius 1 is 1.53 bits per heavy atom. The van der Waals surface area contributed by atoms with E-state index in [1.165, 1.54) is 6.20 Å². The minimum Gasteiger partial charge on any atom is -0.478 e. The van der Waals surface area contributed by atoms with Crippen molar-refractivity contribution in [2.45, 2.75) is 26.7 Å². The third-order valence-electron chi connectivity index (χ3n) is 3.29. The average Bonchev–Trinajstić information content (AvgIpc) is 3.03. The predicted octanol–water partition coefficient (Wildman–Crippen LogP) is 2.01. The summed E-state index contributed by atoms with van der Waals surface area (Å²) in [4.78, 5) is 25.7. The molecule has 1 aliphatic rings. The van der Waals surface area contributed by atoms with Crippen LogP contribution in [0.2, 0.25) is 0 Å². The predicted molar refractivity (Wildman–Crippen MR) is 63.0 cm³/mol. The standard InChI is InChI=1S/C12H16N2O3/c1-6(8-3-4-8)11(15)14-9-5-13-7(2)10(9)12(16)17/h5-6,8,13H,3-4H2,1-2H3,(H,14,15)(H,16,17). The number of aryl methyl sites for hydroxylation is 1. The minimum absolute atomic E-state index is 0.0492. The van der Waals surface area contributed by atoms with Gasteiger partial charge in [-0.2, -0.15) is 0 Å². The number of nitrogens with one attached hydrogen (secondary N) is 2. The van der Waals surface area contributed by atoms with Crippen LogP contribution in [0.4, 0.5) is 5.69 Å². The van der Waals surface area contributed by atoms with Gasteiger partial charge in [-0.3, -0.25) is 4.79 Å². The highest BCUT2D eigenvalue weighted by atomic mass is 16.4. The van der Waals surface area contributed by atoms with Crippen LogP contribution in [0.3, 0.4) is 0 Å². The number of aromatic nitrogens is 1. The van der Waals surface area contributed by atoms with Crippen LogP contribution in [0.5, 0.6) is 0 Å². The largest absolute Gasteiger partial charge is 0.478 e. The molecule has 2 rings (SSSR count). The summed E-state index contributed by atoms with van der Waals surface area (Å²) in [6.45, 7) is 3.55. The minimum atomic E-state index is -1.03. The fourth-order valence-corrected chi connectivity index (χ4v) is 1.96.